The van der Waals surface area contributed by atoms with Crippen molar-refractivity contribution in [2.45, 2.75) is 46.5 Å². The van der Waals surface area contributed by atoms with E-state index in [1.807, 2.05) is 6.92 Å². The summed E-state index contributed by atoms with van der Waals surface area (Å²) in [6, 6.07) is 0. The summed E-state index contributed by atoms with van der Waals surface area (Å²) in [5, 5.41) is 8.95. The Labute approximate surface area is 114 Å². The zero-order chi connectivity index (χ0) is 14.4. The molecule has 1 N–H and O–H groups in total. The molecule has 0 aliphatic carbocycles. The average molecular weight is 268 g/mol. The maximum absolute atomic E-state index is 12.0. The quantitative estimate of drug-likeness (QED) is 0.772. The first-order valence-corrected chi connectivity index (χ1v) is 6.79. The number of ether oxygens (including phenoxy) is 1. The van der Waals surface area contributed by atoms with E-state index in [0.717, 1.165) is 25.7 Å². The van der Waals surface area contributed by atoms with Crippen molar-refractivity contribution in [3.8, 4) is 5.95 Å². The molecule has 0 aliphatic rings. The summed E-state index contributed by atoms with van der Waals surface area (Å²) in [7, 11) is 1.51. The topological polar surface area (TPSA) is 59.7 Å². The van der Waals surface area contributed by atoms with E-state index in [1.54, 1.807) is 13.8 Å². The molecule has 4 nitrogen and oxygen atoms in total. The molecule has 1 heterocycles. The van der Waals surface area contributed by atoms with Gasteiger partial charge in [-0.25, -0.2) is 0 Å². The van der Waals surface area contributed by atoms with Crippen LogP contribution in [0.4, 0.5) is 0 Å². The SMILES string of the molecule is COc1oc(CCCCC(C)CO)c(C)c(=O)c1C. The fourth-order valence-corrected chi connectivity index (χ4v) is 2.07. The molecule has 0 saturated heterocycles. The van der Waals surface area contributed by atoms with Gasteiger partial charge >= 0.3 is 0 Å². The van der Waals surface area contributed by atoms with Gasteiger partial charge in [-0.2, -0.15) is 0 Å². The molecule has 108 valence electrons. The summed E-state index contributed by atoms with van der Waals surface area (Å²) >= 11 is 0. The van der Waals surface area contributed by atoms with E-state index in [0.29, 0.717) is 28.8 Å². The van der Waals surface area contributed by atoms with Gasteiger partial charge in [-0.15, -0.1) is 0 Å². The van der Waals surface area contributed by atoms with Gasteiger partial charge in [0, 0.05) is 18.6 Å². The lowest BCUT2D eigenvalue weighted by Gasteiger charge is -2.10. The number of unbranched alkanes of at least 4 members (excludes halogenated alkanes) is 1. The number of methoxy groups -OCH3 is 1. The Bertz CT molecular complexity index is 462. The second kappa shape index (κ2) is 7.34. The van der Waals surface area contributed by atoms with E-state index in [-0.39, 0.29) is 12.0 Å². The van der Waals surface area contributed by atoms with Gasteiger partial charge < -0.3 is 14.3 Å². The summed E-state index contributed by atoms with van der Waals surface area (Å²) in [6.45, 7) is 5.76. The van der Waals surface area contributed by atoms with Crippen LogP contribution in [-0.2, 0) is 6.42 Å². The van der Waals surface area contributed by atoms with Crippen molar-refractivity contribution in [3.63, 3.8) is 0 Å². The van der Waals surface area contributed by atoms with Gasteiger partial charge in [-0.3, -0.25) is 4.79 Å². The zero-order valence-electron chi connectivity index (χ0n) is 12.3. The lowest BCUT2D eigenvalue weighted by molar-refractivity contribution is 0.227. The molecule has 0 aliphatic heterocycles. The van der Waals surface area contributed by atoms with Gasteiger partial charge in [0.1, 0.15) is 5.76 Å². The first-order chi connectivity index (χ1) is 9.01. The first-order valence-electron chi connectivity index (χ1n) is 6.79. The van der Waals surface area contributed by atoms with Gasteiger partial charge in [0.25, 0.3) is 5.95 Å². The lowest BCUT2D eigenvalue weighted by Crippen LogP contribution is -2.13. The highest BCUT2D eigenvalue weighted by Gasteiger charge is 2.13. The Hall–Kier alpha value is -1.29. The molecule has 0 fully saturated rings. The van der Waals surface area contributed by atoms with Crippen molar-refractivity contribution < 1.29 is 14.3 Å². The number of hydrogen-bond donors (Lipinski definition) is 1. The highest BCUT2D eigenvalue weighted by Crippen LogP contribution is 2.20. The van der Waals surface area contributed by atoms with Crippen molar-refractivity contribution in [1.82, 2.24) is 0 Å². The zero-order valence-corrected chi connectivity index (χ0v) is 12.3. The van der Waals surface area contributed by atoms with Crippen LogP contribution in [0.25, 0.3) is 0 Å². The minimum atomic E-state index is 0.00169. The monoisotopic (exact) mass is 268 g/mol. The highest BCUT2D eigenvalue weighted by atomic mass is 16.6. The molecule has 4 heteroatoms. The molecule has 0 bridgehead atoms. The molecule has 1 atom stereocenters. The fourth-order valence-electron chi connectivity index (χ4n) is 2.07. The van der Waals surface area contributed by atoms with Crippen LogP contribution in [0, 0.1) is 19.8 Å². The standard InChI is InChI=1S/C15H24O4/c1-10(9-16)7-5-6-8-13-11(2)14(17)12(3)15(18-4)19-13/h10,16H,5-9H2,1-4H3. The van der Waals surface area contributed by atoms with Crippen molar-refractivity contribution in [3.05, 3.63) is 27.1 Å². The molecule has 1 aromatic heterocycles. The molecule has 0 amide bonds. The van der Waals surface area contributed by atoms with Crippen LogP contribution in [0.2, 0.25) is 0 Å². The molecular weight excluding hydrogens is 244 g/mol. The van der Waals surface area contributed by atoms with Crippen LogP contribution in [0.1, 0.15) is 43.1 Å². The number of aryl methyl sites for hydroxylation is 1. The number of hydrogen-bond acceptors (Lipinski definition) is 4. The van der Waals surface area contributed by atoms with Crippen LogP contribution in [0.15, 0.2) is 9.21 Å². The molecule has 1 rings (SSSR count). The third-order valence-electron chi connectivity index (χ3n) is 3.47. The number of aliphatic hydroxyl groups excluding tert-OH is 1. The minimum Gasteiger partial charge on any atom is -0.468 e. The first kappa shape index (κ1) is 15.8. The second-order valence-corrected chi connectivity index (χ2v) is 5.13. The molecule has 19 heavy (non-hydrogen) atoms. The van der Waals surface area contributed by atoms with Crippen LogP contribution < -0.4 is 10.2 Å². The third kappa shape index (κ3) is 4.10. The Kier molecular flexibility index (Phi) is 6.09. The average Bonchev–Trinajstić information content (AvgIpc) is 2.42. The van der Waals surface area contributed by atoms with E-state index in [9.17, 15) is 4.79 Å². The van der Waals surface area contributed by atoms with Crippen molar-refractivity contribution >= 4 is 0 Å². The van der Waals surface area contributed by atoms with Crippen molar-refractivity contribution in [1.29, 1.82) is 0 Å². The van der Waals surface area contributed by atoms with E-state index >= 15 is 0 Å². The number of rotatable bonds is 7. The Balaban J connectivity index is 2.69. The Morgan fingerprint density at radius 3 is 2.53 bits per heavy atom. The molecular formula is C15H24O4. The lowest BCUT2D eigenvalue weighted by atomic mass is 10.0. The highest BCUT2D eigenvalue weighted by molar-refractivity contribution is 5.29. The van der Waals surface area contributed by atoms with E-state index < -0.39 is 0 Å². The fraction of sp³-hybridized carbons (Fsp3) is 0.667. The largest absolute Gasteiger partial charge is 0.468 e. The van der Waals surface area contributed by atoms with Crippen molar-refractivity contribution in [2.24, 2.45) is 5.92 Å². The van der Waals surface area contributed by atoms with E-state index in [4.69, 9.17) is 14.3 Å². The number of aliphatic hydroxyl groups is 1. The van der Waals surface area contributed by atoms with Gasteiger partial charge in [0.15, 0.2) is 5.43 Å². The van der Waals surface area contributed by atoms with Gasteiger partial charge in [0.05, 0.1) is 12.7 Å². The molecule has 1 aromatic rings. The van der Waals surface area contributed by atoms with Gasteiger partial charge in [-0.1, -0.05) is 13.3 Å². The van der Waals surface area contributed by atoms with E-state index in [1.165, 1.54) is 7.11 Å². The molecule has 0 saturated carbocycles. The van der Waals surface area contributed by atoms with Crippen LogP contribution in [0.5, 0.6) is 5.95 Å². The smallest absolute Gasteiger partial charge is 0.291 e. The maximum Gasteiger partial charge on any atom is 0.291 e. The summed E-state index contributed by atoms with van der Waals surface area (Å²) in [5.74, 6) is 1.36. The minimum absolute atomic E-state index is 0.00169. The Morgan fingerprint density at radius 2 is 1.95 bits per heavy atom. The maximum atomic E-state index is 12.0. The third-order valence-corrected chi connectivity index (χ3v) is 3.47. The van der Waals surface area contributed by atoms with Gasteiger partial charge in [-0.05, 0) is 32.6 Å². The second-order valence-electron chi connectivity index (χ2n) is 5.13. The molecule has 0 radical (unpaired) electrons. The van der Waals surface area contributed by atoms with Gasteiger partial charge in [0.2, 0.25) is 0 Å². The Morgan fingerprint density at radius 1 is 1.26 bits per heavy atom. The van der Waals surface area contributed by atoms with Crippen LogP contribution in [-0.4, -0.2) is 18.8 Å². The summed E-state index contributed by atoms with van der Waals surface area (Å²) < 4.78 is 10.7. The van der Waals surface area contributed by atoms with Crippen LogP contribution in [0.3, 0.4) is 0 Å². The van der Waals surface area contributed by atoms with Crippen molar-refractivity contribution in [2.75, 3.05) is 13.7 Å². The summed E-state index contributed by atoms with van der Waals surface area (Å²) in [5.41, 5.74) is 1.20. The summed E-state index contributed by atoms with van der Waals surface area (Å²) in [6.07, 6.45) is 3.68. The van der Waals surface area contributed by atoms with E-state index in [2.05, 4.69) is 0 Å². The predicted molar refractivity (Wildman–Crippen MR) is 74.8 cm³/mol. The van der Waals surface area contributed by atoms with Crippen LogP contribution >= 0.6 is 0 Å². The summed E-state index contributed by atoms with van der Waals surface area (Å²) in [4.78, 5) is 12.0. The molecule has 1 unspecified atom stereocenters. The molecule has 0 aromatic carbocycles. The predicted octanol–water partition coefficient (Wildman–Crippen LogP) is 2.61. The molecule has 0 spiro atoms. The normalized spacial score (nSPS) is 12.5.